The summed E-state index contributed by atoms with van der Waals surface area (Å²) in [7, 11) is 0. The van der Waals surface area contributed by atoms with Gasteiger partial charge < -0.3 is 15.1 Å². The maximum absolute atomic E-state index is 5.64. The quantitative estimate of drug-likeness (QED) is 0.847. The summed E-state index contributed by atoms with van der Waals surface area (Å²) in [6.45, 7) is 6.27. The highest BCUT2D eigenvalue weighted by molar-refractivity contribution is 7.80. The van der Waals surface area contributed by atoms with Crippen molar-refractivity contribution in [2.75, 3.05) is 31.1 Å². The monoisotopic (exact) mass is 318 g/mol. The molecule has 1 N–H and O–H groups in total. The molecule has 1 saturated heterocycles. The topological polar surface area (TPSA) is 31.4 Å². The van der Waals surface area contributed by atoms with Crippen LogP contribution >= 0.6 is 12.2 Å². The molecular formula is C17H26N4S. The molecule has 2 fully saturated rings. The van der Waals surface area contributed by atoms with Crippen LogP contribution < -0.4 is 10.2 Å². The standard InChI is InChI=1S/C17H26N4S/c1-14-6-2-3-7-15(14)19-17(22)21-12-10-20(11-13-21)16-8-4-5-9-18-16/h4-5,8-9,14-15H,2-3,6-7,10-13H2,1H3,(H,19,22)/t14-,15-/m1/s1. The molecule has 120 valence electrons. The Morgan fingerprint density at radius 2 is 1.95 bits per heavy atom. The lowest BCUT2D eigenvalue weighted by atomic mass is 9.86. The minimum Gasteiger partial charge on any atom is -0.360 e. The van der Waals surface area contributed by atoms with Crippen molar-refractivity contribution in [2.24, 2.45) is 5.92 Å². The number of hydrogen-bond donors (Lipinski definition) is 1. The summed E-state index contributed by atoms with van der Waals surface area (Å²) >= 11 is 5.64. The molecule has 1 saturated carbocycles. The number of thiocarbonyl (C=S) groups is 1. The fourth-order valence-electron chi connectivity index (χ4n) is 3.46. The molecular weight excluding hydrogens is 292 g/mol. The zero-order chi connectivity index (χ0) is 15.4. The van der Waals surface area contributed by atoms with Crippen LogP contribution in [0.3, 0.4) is 0 Å². The molecule has 0 amide bonds. The van der Waals surface area contributed by atoms with Crippen LogP contribution in [-0.2, 0) is 0 Å². The third-order valence-corrected chi connectivity index (χ3v) is 5.34. The molecule has 22 heavy (non-hydrogen) atoms. The smallest absolute Gasteiger partial charge is 0.169 e. The van der Waals surface area contributed by atoms with E-state index in [0.29, 0.717) is 6.04 Å². The van der Waals surface area contributed by atoms with Gasteiger partial charge in [-0.2, -0.15) is 0 Å². The Morgan fingerprint density at radius 1 is 1.18 bits per heavy atom. The van der Waals surface area contributed by atoms with Crippen LogP contribution in [0.2, 0.25) is 0 Å². The molecule has 5 heteroatoms. The first-order valence-corrected chi connectivity index (χ1v) is 8.86. The van der Waals surface area contributed by atoms with Crippen molar-refractivity contribution < 1.29 is 0 Å². The maximum Gasteiger partial charge on any atom is 0.169 e. The Bertz CT molecular complexity index is 485. The molecule has 0 aromatic carbocycles. The molecule has 1 aromatic rings. The zero-order valence-electron chi connectivity index (χ0n) is 13.4. The van der Waals surface area contributed by atoms with Crippen molar-refractivity contribution in [1.82, 2.24) is 15.2 Å². The van der Waals surface area contributed by atoms with Gasteiger partial charge in [0.05, 0.1) is 0 Å². The van der Waals surface area contributed by atoms with Crippen LogP contribution in [0.15, 0.2) is 24.4 Å². The van der Waals surface area contributed by atoms with Crippen LogP contribution in [0.4, 0.5) is 5.82 Å². The summed E-state index contributed by atoms with van der Waals surface area (Å²) in [4.78, 5) is 9.09. The van der Waals surface area contributed by atoms with Gasteiger partial charge in [0.25, 0.3) is 0 Å². The molecule has 1 aliphatic heterocycles. The van der Waals surface area contributed by atoms with Crippen LogP contribution in [0.25, 0.3) is 0 Å². The average Bonchev–Trinajstić information content (AvgIpc) is 2.58. The number of hydrogen-bond acceptors (Lipinski definition) is 3. The Labute approximate surface area is 138 Å². The zero-order valence-corrected chi connectivity index (χ0v) is 14.2. The Balaban J connectivity index is 1.49. The van der Waals surface area contributed by atoms with E-state index in [1.807, 2.05) is 18.3 Å². The van der Waals surface area contributed by atoms with Gasteiger partial charge in [-0.25, -0.2) is 4.98 Å². The summed E-state index contributed by atoms with van der Waals surface area (Å²) < 4.78 is 0. The van der Waals surface area contributed by atoms with Crippen molar-refractivity contribution >= 4 is 23.1 Å². The van der Waals surface area contributed by atoms with Crippen LogP contribution in [-0.4, -0.2) is 47.2 Å². The lowest BCUT2D eigenvalue weighted by Gasteiger charge is -2.39. The fourth-order valence-corrected chi connectivity index (χ4v) is 3.79. The van der Waals surface area contributed by atoms with E-state index in [2.05, 4.69) is 33.1 Å². The number of anilines is 1. The fraction of sp³-hybridized carbons (Fsp3) is 0.647. The van der Waals surface area contributed by atoms with Gasteiger partial charge in [-0.3, -0.25) is 0 Å². The minimum atomic E-state index is 0.565. The van der Waals surface area contributed by atoms with E-state index in [4.69, 9.17) is 12.2 Å². The van der Waals surface area contributed by atoms with E-state index in [1.165, 1.54) is 25.7 Å². The van der Waals surface area contributed by atoms with Gasteiger partial charge in [0.1, 0.15) is 5.82 Å². The molecule has 1 aliphatic carbocycles. The van der Waals surface area contributed by atoms with Gasteiger partial charge in [0.15, 0.2) is 5.11 Å². The summed E-state index contributed by atoms with van der Waals surface area (Å²) in [5.41, 5.74) is 0. The molecule has 0 radical (unpaired) electrons. The van der Waals surface area contributed by atoms with E-state index >= 15 is 0 Å². The summed E-state index contributed by atoms with van der Waals surface area (Å²) in [5, 5.41) is 4.56. The highest BCUT2D eigenvalue weighted by Gasteiger charge is 2.25. The first kappa shape index (κ1) is 15.5. The number of aromatic nitrogens is 1. The second-order valence-corrected chi connectivity index (χ2v) is 6.87. The number of nitrogens with zero attached hydrogens (tertiary/aromatic N) is 3. The SMILES string of the molecule is C[C@@H]1CCCC[C@H]1NC(=S)N1CCN(c2ccccn2)CC1. The van der Waals surface area contributed by atoms with Gasteiger partial charge in [0.2, 0.25) is 0 Å². The first-order valence-electron chi connectivity index (χ1n) is 8.45. The Morgan fingerprint density at radius 3 is 2.64 bits per heavy atom. The van der Waals surface area contributed by atoms with Gasteiger partial charge in [-0.15, -0.1) is 0 Å². The van der Waals surface area contributed by atoms with Crippen molar-refractivity contribution in [3.8, 4) is 0 Å². The molecule has 0 spiro atoms. The third kappa shape index (κ3) is 3.69. The van der Waals surface area contributed by atoms with Gasteiger partial charge in [0, 0.05) is 38.4 Å². The first-order chi connectivity index (χ1) is 10.7. The van der Waals surface area contributed by atoms with E-state index in [1.54, 1.807) is 0 Å². The summed E-state index contributed by atoms with van der Waals surface area (Å²) in [5.74, 6) is 1.81. The molecule has 1 aromatic heterocycles. The second-order valence-electron chi connectivity index (χ2n) is 6.48. The average molecular weight is 318 g/mol. The highest BCUT2D eigenvalue weighted by atomic mass is 32.1. The molecule has 3 rings (SSSR count). The molecule has 4 nitrogen and oxygen atoms in total. The molecule has 0 unspecified atom stereocenters. The predicted molar refractivity (Wildman–Crippen MR) is 95.2 cm³/mol. The van der Waals surface area contributed by atoms with Crippen molar-refractivity contribution in [3.05, 3.63) is 24.4 Å². The van der Waals surface area contributed by atoms with Gasteiger partial charge in [-0.1, -0.05) is 25.8 Å². The number of nitrogens with one attached hydrogen (secondary N) is 1. The van der Waals surface area contributed by atoms with Crippen molar-refractivity contribution in [2.45, 2.75) is 38.6 Å². The van der Waals surface area contributed by atoms with E-state index in [-0.39, 0.29) is 0 Å². The van der Waals surface area contributed by atoms with E-state index < -0.39 is 0 Å². The lowest BCUT2D eigenvalue weighted by molar-refractivity contribution is 0.293. The van der Waals surface area contributed by atoms with Crippen molar-refractivity contribution in [1.29, 1.82) is 0 Å². The van der Waals surface area contributed by atoms with Crippen LogP contribution in [0.1, 0.15) is 32.6 Å². The highest BCUT2D eigenvalue weighted by Crippen LogP contribution is 2.24. The Hall–Kier alpha value is -1.36. The third-order valence-electron chi connectivity index (χ3n) is 4.96. The molecule has 2 heterocycles. The second kappa shape index (κ2) is 7.27. The minimum absolute atomic E-state index is 0.565. The molecule has 2 aliphatic rings. The lowest BCUT2D eigenvalue weighted by Crippen LogP contribution is -2.54. The van der Waals surface area contributed by atoms with Crippen molar-refractivity contribution in [3.63, 3.8) is 0 Å². The summed E-state index contributed by atoms with van der Waals surface area (Å²) in [6, 6.07) is 6.65. The number of pyridine rings is 1. The molecule has 0 bridgehead atoms. The van der Waals surface area contributed by atoms with Gasteiger partial charge in [-0.05, 0) is 43.1 Å². The van der Waals surface area contributed by atoms with Gasteiger partial charge >= 0.3 is 0 Å². The Kier molecular flexibility index (Phi) is 5.13. The van der Waals surface area contributed by atoms with E-state index in [0.717, 1.165) is 43.0 Å². The maximum atomic E-state index is 5.64. The van der Waals surface area contributed by atoms with Crippen LogP contribution in [0, 0.1) is 5.92 Å². The normalized spacial score (nSPS) is 25.9. The predicted octanol–water partition coefficient (Wildman–Crippen LogP) is 2.66. The molecule has 2 atom stereocenters. The number of piperazine rings is 1. The largest absolute Gasteiger partial charge is 0.360 e. The van der Waals surface area contributed by atoms with E-state index in [9.17, 15) is 0 Å². The number of rotatable bonds is 2. The van der Waals surface area contributed by atoms with Crippen LogP contribution in [0.5, 0.6) is 0 Å². The summed E-state index contributed by atoms with van der Waals surface area (Å²) in [6.07, 6.45) is 7.15.